The summed E-state index contributed by atoms with van der Waals surface area (Å²) in [5.41, 5.74) is 0. The van der Waals surface area contributed by atoms with Gasteiger partial charge < -0.3 is 0 Å². The zero-order chi connectivity index (χ0) is 14.9. The largest absolute Gasteiger partial charge is 0.139 e. The quantitative estimate of drug-likeness (QED) is 0.371. The maximum atomic E-state index is 2.51. The van der Waals surface area contributed by atoms with Gasteiger partial charge in [0.15, 0.2) is 0 Å². The molecule has 0 amide bonds. The van der Waals surface area contributed by atoms with Crippen LogP contribution < -0.4 is 0 Å². The van der Waals surface area contributed by atoms with E-state index >= 15 is 0 Å². The third kappa shape index (κ3) is 14.7. The molecule has 0 saturated heterocycles. The molecule has 0 aliphatic carbocycles. The molecular formula is C16H39BSi2. The van der Waals surface area contributed by atoms with Crippen LogP contribution in [0.2, 0.25) is 70.3 Å². The summed E-state index contributed by atoms with van der Waals surface area (Å²) in [6.07, 6.45) is 10.3. The lowest BCUT2D eigenvalue weighted by Gasteiger charge is -2.20. The molecule has 0 aromatic heterocycles. The maximum Gasteiger partial charge on any atom is 0.139 e. The first-order valence-corrected chi connectivity index (χ1v) is 16.1. The summed E-state index contributed by atoms with van der Waals surface area (Å²) in [6.45, 7) is 18.4. The molecule has 0 heterocycles. The van der Waals surface area contributed by atoms with E-state index in [4.69, 9.17) is 0 Å². The molecule has 0 spiro atoms. The molecule has 0 fully saturated rings. The molecule has 3 heteroatoms. The molecule has 0 radical (unpaired) electrons. The van der Waals surface area contributed by atoms with Crippen molar-refractivity contribution in [3.05, 3.63) is 0 Å². The summed E-state index contributed by atoms with van der Waals surface area (Å²) in [7, 11) is -1.62. The summed E-state index contributed by atoms with van der Waals surface area (Å²) in [5.74, 6) is 0. The minimum absolute atomic E-state index is 0.810. The van der Waals surface area contributed by atoms with Crippen LogP contribution in [0.1, 0.15) is 32.6 Å². The summed E-state index contributed by atoms with van der Waals surface area (Å²) < 4.78 is 0. The summed E-state index contributed by atoms with van der Waals surface area (Å²) in [4.78, 5) is 0. The zero-order valence-corrected chi connectivity index (χ0v) is 16.9. The predicted octanol–water partition coefficient (Wildman–Crippen LogP) is 6.74. The Balaban J connectivity index is 3.94. The van der Waals surface area contributed by atoms with Crippen LogP contribution in [0.15, 0.2) is 0 Å². The lowest BCUT2D eigenvalue weighted by atomic mass is 9.41. The minimum atomic E-state index is -0.810. The maximum absolute atomic E-state index is 2.51. The topological polar surface area (TPSA) is 0 Å². The first-order chi connectivity index (χ1) is 8.64. The lowest BCUT2D eigenvalue weighted by molar-refractivity contribution is 0.853. The molecule has 0 aliphatic heterocycles. The molecule has 0 unspecified atom stereocenters. The smallest absolute Gasteiger partial charge is 0.0744 e. The molecule has 0 aromatic rings. The summed E-state index contributed by atoms with van der Waals surface area (Å²) >= 11 is 0. The Kier molecular flexibility index (Phi) is 9.69. The Bertz CT molecular complexity index is 196. The molecule has 0 atom stereocenters. The van der Waals surface area contributed by atoms with Gasteiger partial charge in [0.25, 0.3) is 0 Å². The van der Waals surface area contributed by atoms with Gasteiger partial charge in [-0.25, -0.2) is 0 Å². The highest BCUT2D eigenvalue weighted by molar-refractivity contribution is 6.76. The van der Waals surface area contributed by atoms with E-state index in [1.165, 1.54) is 56.7 Å². The van der Waals surface area contributed by atoms with E-state index in [9.17, 15) is 0 Å². The zero-order valence-electron chi connectivity index (χ0n) is 14.9. The van der Waals surface area contributed by atoms with Gasteiger partial charge in [-0.15, -0.1) is 0 Å². The van der Waals surface area contributed by atoms with Crippen molar-refractivity contribution in [2.75, 3.05) is 0 Å². The van der Waals surface area contributed by atoms with Crippen molar-refractivity contribution < 1.29 is 0 Å². The predicted molar refractivity (Wildman–Crippen MR) is 101 cm³/mol. The second-order valence-electron chi connectivity index (χ2n) is 8.91. The Morgan fingerprint density at radius 1 is 0.632 bits per heavy atom. The molecule has 0 aromatic carbocycles. The van der Waals surface area contributed by atoms with Crippen molar-refractivity contribution in [1.29, 1.82) is 0 Å². The van der Waals surface area contributed by atoms with Gasteiger partial charge in [-0.2, -0.15) is 0 Å². The van der Waals surface area contributed by atoms with E-state index in [0.717, 1.165) is 6.71 Å². The van der Waals surface area contributed by atoms with Gasteiger partial charge in [-0.3, -0.25) is 0 Å². The van der Waals surface area contributed by atoms with E-state index in [1.54, 1.807) is 0 Å². The van der Waals surface area contributed by atoms with Crippen LogP contribution in [0.25, 0.3) is 0 Å². The fourth-order valence-electron chi connectivity index (χ4n) is 2.77. The molecule has 0 rings (SSSR count). The number of hydrogen-bond donors (Lipinski definition) is 0. The molecule has 0 nitrogen and oxygen atoms in total. The number of hydrogen-bond acceptors (Lipinski definition) is 0. The second kappa shape index (κ2) is 9.44. The summed E-state index contributed by atoms with van der Waals surface area (Å²) in [6, 6.07) is 3.06. The highest BCUT2D eigenvalue weighted by Gasteiger charge is 2.18. The SMILES string of the molecule is CCCCB(CCC[Si](C)(C)C)CCC[Si](C)(C)C. The van der Waals surface area contributed by atoms with Crippen LogP contribution in [0.5, 0.6) is 0 Å². The van der Waals surface area contributed by atoms with E-state index in [0.29, 0.717) is 0 Å². The van der Waals surface area contributed by atoms with Crippen molar-refractivity contribution in [3.63, 3.8) is 0 Å². The van der Waals surface area contributed by atoms with Crippen LogP contribution in [0.3, 0.4) is 0 Å². The van der Waals surface area contributed by atoms with Crippen molar-refractivity contribution in [1.82, 2.24) is 0 Å². The number of unbranched alkanes of at least 4 members (excludes halogenated alkanes) is 1. The third-order valence-electron chi connectivity index (χ3n) is 4.04. The molecular weight excluding hydrogens is 259 g/mol. The fraction of sp³-hybridized carbons (Fsp3) is 1.00. The molecule has 0 N–H and O–H groups in total. The Labute approximate surface area is 126 Å². The molecule has 0 bridgehead atoms. The minimum Gasteiger partial charge on any atom is -0.0744 e. The van der Waals surface area contributed by atoms with E-state index in [2.05, 4.69) is 46.2 Å². The first-order valence-electron chi connectivity index (χ1n) is 8.64. The van der Waals surface area contributed by atoms with Crippen molar-refractivity contribution in [2.24, 2.45) is 0 Å². The first kappa shape index (κ1) is 19.5. The molecule has 0 saturated carbocycles. The van der Waals surface area contributed by atoms with Gasteiger partial charge in [0.1, 0.15) is 6.71 Å². The van der Waals surface area contributed by atoms with Crippen LogP contribution in [-0.2, 0) is 0 Å². The van der Waals surface area contributed by atoms with Crippen LogP contribution in [-0.4, -0.2) is 22.9 Å². The molecule has 19 heavy (non-hydrogen) atoms. The number of rotatable bonds is 11. The van der Waals surface area contributed by atoms with Gasteiger partial charge in [0.05, 0.1) is 0 Å². The van der Waals surface area contributed by atoms with Gasteiger partial charge in [0.2, 0.25) is 0 Å². The standard InChI is InChI=1S/C16H39BSi2/c1-8-9-12-17(13-10-15-18(2,3)4)14-11-16-19(5,6)7/h8-16H2,1-7H3. The molecule has 0 aliphatic rings. The van der Waals surface area contributed by atoms with Gasteiger partial charge in [-0.1, -0.05) is 103 Å². The van der Waals surface area contributed by atoms with Crippen LogP contribution >= 0.6 is 0 Å². The van der Waals surface area contributed by atoms with Crippen molar-refractivity contribution in [3.8, 4) is 0 Å². The third-order valence-corrected chi connectivity index (χ3v) is 7.75. The monoisotopic (exact) mass is 298 g/mol. The Morgan fingerprint density at radius 3 is 1.32 bits per heavy atom. The van der Waals surface area contributed by atoms with Crippen LogP contribution in [0, 0.1) is 0 Å². The van der Waals surface area contributed by atoms with Gasteiger partial charge >= 0.3 is 0 Å². The van der Waals surface area contributed by atoms with Gasteiger partial charge in [0, 0.05) is 16.1 Å². The van der Waals surface area contributed by atoms with E-state index in [1.807, 2.05) is 0 Å². The Morgan fingerprint density at radius 2 is 1.00 bits per heavy atom. The van der Waals surface area contributed by atoms with Crippen LogP contribution in [0.4, 0.5) is 0 Å². The van der Waals surface area contributed by atoms with E-state index < -0.39 is 16.1 Å². The lowest BCUT2D eigenvalue weighted by Crippen LogP contribution is -2.22. The highest BCUT2D eigenvalue weighted by atomic mass is 28.3. The highest BCUT2D eigenvalue weighted by Crippen LogP contribution is 2.22. The normalized spacial score (nSPS) is 12.8. The second-order valence-corrected chi connectivity index (χ2v) is 20.2. The van der Waals surface area contributed by atoms with Crippen molar-refractivity contribution in [2.45, 2.75) is 103 Å². The summed E-state index contributed by atoms with van der Waals surface area (Å²) in [5, 5.41) is 0. The molecule has 114 valence electrons. The average Bonchev–Trinajstić information content (AvgIpc) is 2.21. The van der Waals surface area contributed by atoms with Crippen molar-refractivity contribution >= 4 is 22.9 Å². The average molecular weight is 298 g/mol. The van der Waals surface area contributed by atoms with Gasteiger partial charge in [-0.05, 0) is 0 Å². The van der Waals surface area contributed by atoms with E-state index in [-0.39, 0.29) is 0 Å². The fourth-order valence-corrected chi connectivity index (χ4v) is 5.30. The Hall–Kier alpha value is 0.499.